The number of nitrogens with zero attached hydrogens (tertiary/aromatic N) is 2. The maximum Gasteiger partial charge on any atom is 0.407 e. The minimum Gasteiger partial charge on any atom is -0.476 e. The number of amides is 2. The monoisotopic (exact) mass is 476 g/mol. The van der Waals surface area contributed by atoms with Gasteiger partial charge < -0.3 is 20.5 Å². The lowest BCUT2D eigenvalue weighted by Crippen LogP contribution is -2.36. The number of aromatic nitrogens is 2. The molecule has 2 amide bonds. The Morgan fingerprint density at radius 3 is 2.31 bits per heavy atom. The summed E-state index contributed by atoms with van der Waals surface area (Å²) in [7, 11) is 1.49. The number of rotatable bonds is 9. The van der Waals surface area contributed by atoms with Gasteiger partial charge in [-0.25, -0.2) is 9.59 Å². The summed E-state index contributed by atoms with van der Waals surface area (Å²) >= 11 is 0. The Balaban J connectivity index is 1.29. The van der Waals surface area contributed by atoms with E-state index in [1.807, 2.05) is 31.2 Å². The first-order valence-corrected chi connectivity index (χ1v) is 11.6. The van der Waals surface area contributed by atoms with Crippen LogP contribution in [0.15, 0.2) is 54.7 Å². The summed E-state index contributed by atoms with van der Waals surface area (Å²) in [5.74, 6) is -1.56. The topological polar surface area (TPSA) is 123 Å². The molecular weight excluding hydrogens is 448 g/mol. The number of aromatic carboxylic acids is 1. The van der Waals surface area contributed by atoms with E-state index in [2.05, 4.69) is 40.0 Å². The van der Waals surface area contributed by atoms with E-state index in [-0.39, 0.29) is 42.3 Å². The molecule has 0 aliphatic heterocycles. The molecule has 9 nitrogen and oxygen atoms in total. The van der Waals surface area contributed by atoms with Gasteiger partial charge in [0.1, 0.15) is 6.61 Å². The first-order chi connectivity index (χ1) is 16.9. The number of benzene rings is 2. The second-order valence-corrected chi connectivity index (χ2v) is 8.50. The minimum absolute atomic E-state index is 0.0260. The maximum absolute atomic E-state index is 12.5. The van der Waals surface area contributed by atoms with Crippen molar-refractivity contribution in [2.75, 3.05) is 11.9 Å². The van der Waals surface area contributed by atoms with Gasteiger partial charge in [0.25, 0.3) is 0 Å². The molecule has 1 heterocycles. The third-order valence-corrected chi connectivity index (χ3v) is 6.29. The largest absolute Gasteiger partial charge is 0.476 e. The van der Waals surface area contributed by atoms with Gasteiger partial charge in [0, 0.05) is 25.4 Å². The molecule has 1 atom stereocenters. The molecule has 0 bridgehead atoms. The average Bonchev–Trinajstić information content (AvgIpc) is 3.37. The molecule has 0 fully saturated rings. The fourth-order valence-electron chi connectivity index (χ4n) is 4.49. The van der Waals surface area contributed by atoms with E-state index in [1.165, 1.54) is 17.9 Å². The lowest BCUT2D eigenvalue weighted by atomic mass is 9.98. The van der Waals surface area contributed by atoms with Crippen molar-refractivity contribution in [3.8, 4) is 11.1 Å². The zero-order valence-electron chi connectivity index (χ0n) is 19.7. The number of carboxylic acids is 1. The van der Waals surface area contributed by atoms with Crippen LogP contribution in [0, 0.1) is 0 Å². The van der Waals surface area contributed by atoms with Crippen LogP contribution in [-0.4, -0.2) is 45.5 Å². The quantitative estimate of drug-likeness (QED) is 0.426. The number of nitrogens with one attached hydrogen (secondary N) is 2. The van der Waals surface area contributed by atoms with Crippen molar-refractivity contribution >= 4 is 23.7 Å². The zero-order valence-corrected chi connectivity index (χ0v) is 19.7. The molecule has 9 heteroatoms. The van der Waals surface area contributed by atoms with Crippen molar-refractivity contribution < 1.29 is 24.2 Å². The number of hydrogen-bond acceptors (Lipinski definition) is 5. The first kappa shape index (κ1) is 24.0. The normalized spacial score (nSPS) is 13.0. The second-order valence-electron chi connectivity index (χ2n) is 8.50. The van der Waals surface area contributed by atoms with Crippen molar-refractivity contribution in [1.29, 1.82) is 0 Å². The third-order valence-electron chi connectivity index (χ3n) is 6.29. The predicted molar refractivity (Wildman–Crippen MR) is 130 cm³/mol. The highest BCUT2D eigenvalue weighted by Crippen LogP contribution is 2.44. The predicted octanol–water partition coefficient (Wildman–Crippen LogP) is 4.15. The highest BCUT2D eigenvalue weighted by Gasteiger charge is 2.29. The van der Waals surface area contributed by atoms with Crippen molar-refractivity contribution in [3.63, 3.8) is 0 Å². The molecule has 182 valence electrons. The van der Waals surface area contributed by atoms with E-state index < -0.39 is 12.1 Å². The van der Waals surface area contributed by atoms with Crippen LogP contribution < -0.4 is 10.6 Å². The highest BCUT2D eigenvalue weighted by molar-refractivity contribution is 5.99. The summed E-state index contributed by atoms with van der Waals surface area (Å²) in [6, 6.07) is 16.0. The van der Waals surface area contributed by atoms with Crippen LogP contribution >= 0.6 is 0 Å². The van der Waals surface area contributed by atoms with Crippen LogP contribution in [-0.2, 0) is 16.6 Å². The van der Waals surface area contributed by atoms with E-state index in [0.29, 0.717) is 12.8 Å². The molecule has 0 saturated carbocycles. The number of carbonyl (C=O) groups excluding carboxylic acids is 2. The van der Waals surface area contributed by atoms with Crippen LogP contribution in [0.1, 0.15) is 53.7 Å². The van der Waals surface area contributed by atoms with E-state index in [1.54, 1.807) is 0 Å². The molecule has 3 N–H and O–H groups in total. The van der Waals surface area contributed by atoms with E-state index >= 15 is 0 Å². The number of anilines is 1. The molecule has 0 spiro atoms. The lowest BCUT2D eigenvalue weighted by molar-refractivity contribution is -0.116. The van der Waals surface area contributed by atoms with Crippen LogP contribution in [0.2, 0.25) is 0 Å². The fraction of sp³-hybridized carbons (Fsp3) is 0.308. The summed E-state index contributed by atoms with van der Waals surface area (Å²) in [4.78, 5) is 36.2. The van der Waals surface area contributed by atoms with E-state index in [4.69, 9.17) is 4.74 Å². The van der Waals surface area contributed by atoms with Gasteiger partial charge in [-0.15, -0.1) is 0 Å². The summed E-state index contributed by atoms with van der Waals surface area (Å²) in [5, 5.41) is 18.6. The van der Waals surface area contributed by atoms with Crippen LogP contribution in [0.25, 0.3) is 11.1 Å². The number of aryl methyl sites for hydroxylation is 1. The van der Waals surface area contributed by atoms with Gasteiger partial charge in [-0.3, -0.25) is 9.48 Å². The fourth-order valence-corrected chi connectivity index (χ4v) is 4.49. The van der Waals surface area contributed by atoms with Crippen LogP contribution in [0.4, 0.5) is 10.5 Å². The van der Waals surface area contributed by atoms with Gasteiger partial charge in [0.2, 0.25) is 5.91 Å². The number of hydrogen-bond donors (Lipinski definition) is 3. The molecule has 2 aromatic carbocycles. The lowest BCUT2D eigenvalue weighted by Gasteiger charge is -2.19. The average molecular weight is 477 g/mol. The molecule has 1 aliphatic rings. The Kier molecular flexibility index (Phi) is 7.14. The Morgan fingerprint density at radius 2 is 1.71 bits per heavy atom. The standard InChI is InChI=1S/C26H28N4O5/c1-3-16(12-13-23(31)29-22-14-27-30(2)24(22)25(32)33)28-26(34)35-15-21-19-10-6-4-8-17(19)18-9-5-7-11-20(18)21/h4-11,14,16,21H,3,12-13,15H2,1-2H3,(H,28,34)(H,29,31)(H,32,33). The highest BCUT2D eigenvalue weighted by atomic mass is 16.5. The van der Waals surface area contributed by atoms with E-state index in [9.17, 15) is 19.5 Å². The maximum atomic E-state index is 12.5. The Hall–Kier alpha value is -4.14. The second kappa shape index (κ2) is 10.4. The van der Waals surface area contributed by atoms with Crippen molar-refractivity contribution in [3.05, 3.63) is 71.5 Å². The number of alkyl carbamates (subject to hydrolysis) is 1. The molecule has 0 saturated heterocycles. The van der Waals surface area contributed by atoms with Crippen molar-refractivity contribution in [1.82, 2.24) is 15.1 Å². The Labute approximate surface area is 203 Å². The van der Waals surface area contributed by atoms with E-state index in [0.717, 1.165) is 22.3 Å². The summed E-state index contributed by atoms with van der Waals surface area (Å²) < 4.78 is 6.78. The number of carbonyl (C=O) groups is 3. The summed E-state index contributed by atoms with van der Waals surface area (Å²) in [6.07, 6.45) is 1.88. The molecular formula is C26H28N4O5. The van der Waals surface area contributed by atoms with Gasteiger partial charge in [0.05, 0.1) is 11.9 Å². The van der Waals surface area contributed by atoms with Gasteiger partial charge in [-0.05, 0) is 35.1 Å². The van der Waals surface area contributed by atoms with Gasteiger partial charge in [-0.1, -0.05) is 55.5 Å². The molecule has 0 radical (unpaired) electrons. The minimum atomic E-state index is -1.18. The first-order valence-electron chi connectivity index (χ1n) is 11.6. The van der Waals surface area contributed by atoms with Crippen LogP contribution in [0.3, 0.4) is 0 Å². The van der Waals surface area contributed by atoms with Gasteiger partial charge in [-0.2, -0.15) is 5.10 Å². The number of fused-ring (bicyclic) bond motifs is 3. The summed E-state index contributed by atoms with van der Waals surface area (Å²) in [6.45, 7) is 2.13. The SMILES string of the molecule is CCC(CCC(=O)Nc1cnn(C)c1C(=O)O)NC(=O)OCC1c2ccccc2-c2ccccc21. The molecule has 1 aliphatic carbocycles. The molecule has 3 aromatic rings. The Bertz CT molecular complexity index is 1210. The van der Waals surface area contributed by atoms with Crippen molar-refractivity contribution in [2.24, 2.45) is 7.05 Å². The number of ether oxygens (including phenoxy) is 1. The summed E-state index contributed by atoms with van der Waals surface area (Å²) in [5.41, 5.74) is 4.65. The van der Waals surface area contributed by atoms with Gasteiger partial charge in [0.15, 0.2) is 5.69 Å². The third kappa shape index (κ3) is 5.18. The molecule has 35 heavy (non-hydrogen) atoms. The molecule has 1 aromatic heterocycles. The molecule has 4 rings (SSSR count). The molecule has 1 unspecified atom stereocenters. The Morgan fingerprint density at radius 1 is 1.09 bits per heavy atom. The van der Waals surface area contributed by atoms with Gasteiger partial charge >= 0.3 is 12.1 Å². The zero-order chi connectivity index (χ0) is 24.9. The number of carboxylic acid groups (broad SMARTS) is 1. The van der Waals surface area contributed by atoms with Crippen molar-refractivity contribution in [2.45, 2.75) is 38.1 Å². The van der Waals surface area contributed by atoms with Crippen LogP contribution in [0.5, 0.6) is 0 Å². The smallest absolute Gasteiger partial charge is 0.407 e.